The van der Waals surface area contributed by atoms with Crippen molar-refractivity contribution in [2.24, 2.45) is 0 Å². The highest BCUT2D eigenvalue weighted by atomic mass is 16.2. The minimum Gasteiger partial charge on any atom is -0.349 e. The van der Waals surface area contributed by atoms with Gasteiger partial charge in [0.05, 0.1) is 0 Å². The van der Waals surface area contributed by atoms with Crippen LogP contribution in [0, 0.1) is 0 Å². The van der Waals surface area contributed by atoms with E-state index in [0.717, 1.165) is 30.5 Å². The largest absolute Gasteiger partial charge is 0.349 e. The summed E-state index contributed by atoms with van der Waals surface area (Å²) in [4.78, 5) is 37.9. The molecule has 1 saturated heterocycles. The number of amides is 3. The molecule has 2 N–H and O–H groups in total. The SMILES string of the molecule is O=C(/C=C/c1ccc(C(=O)NC2CC2)cc1)Nc1cccc(N2CCCC2=O)c1. The van der Waals surface area contributed by atoms with Crippen LogP contribution in [0.25, 0.3) is 6.08 Å². The van der Waals surface area contributed by atoms with Crippen molar-refractivity contribution >= 4 is 35.2 Å². The van der Waals surface area contributed by atoms with Gasteiger partial charge >= 0.3 is 0 Å². The van der Waals surface area contributed by atoms with Crippen molar-refractivity contribution in [2.45, 2.75) is 31.7 Å². The van der Waals surface area contributed by atoms with Crippen LogP contribution in [0.5, 0.6) is 0 Å². The minimum absolute atomic E-state index is 0.0582. The number of benzene rings is 2. The normalized spacial score (nSPS) is 16.3. The van der Waals surface area contributed by atoms with Gasteiger partial charge in [-0.25, -0.2) is 0 Å². The number of nitrogens with one attached hydrogen (secondary N) is 2. The first-order valence-corrected chi connectivity index (χ1v) is 9.89. The second-order valence-electron chi connectivity index (χ2n) is 7.39. The number of rotatable bonds is 6. The van der Waals surface area contributed by atoms with Crippen molar-refractivity contribution < 1.29 is 14.4 Å². The predicted octanol–water partition coefficient (Wildman–Crippen LogP) is 3.36. The standard InChI is InChI=1S/C23H23N3O3/c27-21(24-19-3-1-4-20(15-19)26-14-2-5-22(26)28)13-8-16-6-9-17(10-7-16)23(29)25-18-11-12-18/h1,3-4,6-10,13,15,18H,2,5,11-12,14H2,(H,24,27)(H,25,29)/b13-8+. The van der Waals surface area contributed by atoms with E-state index >= 15 is 0 Å². The van der Waals surface area contributed by atoms with Gasteiger partial charge in [-0.2, -0.15) is 0 Å². The molecule has 148 valence electrons. The molecule has 0 spiro atoms. The quantitative estimate of drug-likeness (QED) is 0.744. The van der Waals surface area contributed by atoms with E-state index in [1.54, 1.807) is 29.2 Å². The average Bonchev–Trinajstić information content (AvgIpc) is 3.44. The molecule has 2 fully saturated rings. The summed E-state index contributed by atoms with van der Waals surface area (Å²) in [5.74, 6) is -0.203. The fourth-order valence-corrected chi connectivity index (χ4v) is 3.27. The van der Waals surface area contributed by atoms with Crippen molar-refractivity contribution in [3.63, 3.8) is 0 Å². The highest BCUT2D eigenvalue weighted by Crippen LogP contribution is 2.24. The van der Waals surface area contributed by atoms with Crippen molar-refractivity contribution in [1.82, 2.24) is 5.32 Å². The monoisotopic (exact) mass is 389 g/mol. The van der Waals surface area contributed by atoms with Gasteiger partial charge < -0.3 is 15.5 Å². The molecule has 3 amide bonds. The highest BCUT2D eigenvalue weighted by Gasteiger charge is 2.23. The van der Waals surface area contributed by atoms with E-state index in [0.29, 0.717) is 30.3 Å². The number of nitrogens with zero attached hydrogens (tertiary/aromatic N) is 1. The molecular formula is C23H23N3O3. The lowest BCUT2D eigenvalue weighted by Gasteiger charge is -2.16. The maximum absolute atomic E-state index is 12.2. The molecule has 2 aromatic rings. The van der Waals surface area contributed by atoms with Crippen molar-refractivity contribution in [2.75, 3.05) is 16.8 Å². The summed E-state index contributed by atoms with van der Waals surface area (Å²) in [6, 6.07) is 14.8. The van der Waals surface area contributed by atoms with E-state index in [4.69, 9.17) is 0 Å². The number of hydrogen-bond acceptors (Lipinski definition) is 3. The molecule has 6 heteroatoms. The van der Waals surface area contributed by atoms with Crippen LogP contribution in [-0.2, 0) is 9.59 Å². The Labute approximate surface area is 169 Å². The number of carbonyl (C=O) groups excluding carboxylic acids is 3. The summed E-state index contributed by atoms with van der Waals surface area (Å²) in [5, 5.41) is 5.77. The van der Waals surface area contributed by atoms with E-state index in [-0.39, 0.29) is 17.7 Å². The Morgan fingerprint density at radius 1 is 1.07 bits per heavy atom. The molecule has 29 heavy (non-hydrogen) atoms. The van der Waals surface area contributed by atoms with Crippen molar-refractivity contribution in [3.05, 3.63) is 65.7 Å². The van der Waals surface area contributed by atoms with E-state index in [1.807, 2.05) is 30.3 Å². The number of hydrogen-bond donors (Lipinski definition) is 2. The van der Waals surface area contributed by atoms with Gasteiger partial charge in [0.1, 0.15) is 0 Å². The lowest BCUT2D eigenvalue weighted by molar-refractivity contribution is -0.117. The van der Waals surface area contributed by atoms with Crippen LogP contribution in [0.1, 0.15) is 41.6 Å². The Balaban J connectivity index is 1.35. The molecule has 1 aliphatic carbocycles. The molecular weight excluding hydrogens is 366 g/mol. The first-order chi connectivity index (χ1) is 14.1. The van der Waals surface area contributed by atoms with Gasteiger partial charge in [-0.05, 0) is 61.2 Å². The van der Waals surface area contributed by atoms with Crippen molar-refractivity contribution in [3.8, 4) is 0 Å². The summed E-state index contributed by atoms with van der Waals surface area (Å²) in [6.45, 7) is 0.713. The van der Waals surface area contributed by atoms with Gasteiger partial charge in [0.25, 0.3) is 5.91 Å². The van der Waals surface area contributed by atoms with Gasteiger partial charge in [-0.1, -0.05) is 18.2 Å². The zero-order chi connectivity index (χ0) is 20.2. The topological polar surface area (TPSA) is 78.5 Å². The highest BCUT2D eigenvalue weighted by molar-refractivity contribution is 6.03. The third-order valence-corrected chi connectivity index (χ3v) is 5.01. The summed E-state index contributed by atoms with van der Waals surface area (Å²) in [6.07, 6.45) is 6.69. The Hall–Kier alpha value is -3.41. The average molecular weight is 389 g/mol. The van der Waals surface area contributed by atoms with Gasteiger partial charge in [0, 0.05) is 42.0 Å². The Kier molecular flexibility index (Phi) is 5.42. The maximum atomic E-state index is 12.2. The smallest absolute Gasteiger partial charge is 0.251 e. The Bertz CT molecular complexity index is 962. The van der Waals surface area contributed by atoms with E-state index in [1.165, 1.54) is 6.08 Å². The minimum atomic E-state index is -0.259. The molecule has 4 rings (SSSR count). The maximum Gasteiger partial charge on any atom is 0.251 e. The van der Waals surface area contributed by atoms with Crippen LogP contribution in [0.15, 0.2) is 54.6 Å². The molecule has 0 radical (unpaired) electrons. The van der Waals surface area contributed by atoms with Crippen molar-refractivity contribution in [1.29, 1.82) is 0 Å². The van der Waals surface area contributed by atoms with Crippen LogP contribution in [0.3, 0.4) is 0 Å². The summed E-state index contributed by atoms with van der Waals surface area (Å²) in [7, 11) is 0. The third-order valence-electron chi connectivity index (χ3n) is 5.01. The fourth-order valence-electron chi connectivity index (χ4n) is 3.27. The predicted molar refractivity (Wildman–Crippen MR) is 113 cm³/mol. The van der Waals surface area contributed by atoms with Crippen LogP contribution >= 0.6 is 0 Å². The van der Waals surface area contributed by atoms with E-state index in [2.05, 4.69) is 10.6 Å². The molecule has 1 saturated carbocycles. The van der Waals surface area contributed by atoms with Gasteiger partial charge in [0.2, 0.25) is 11.8 Å². The molecule has 0 unspecified atom stereocenters. The molecule has 0 atom stereocenters. The Morgan fingerprint density at radius 3 is 2.55 bits per heavy atom. The van der Waals surface area contributed by atoms with Crippen LogP contribution < -0.4 is 15.5 Å². The number of carbonyl (C=O) groups is 3. The molecule has 1 heterocycles. The zero-order valence-corrected chi connectivity index (χ0v) is 16.1. The Morgan fingerprint density at radius 2 is 1.86 bits per heavy atom. The fraction of sp³-hybridized carbons (Fsp3) is 0.261. The van der Waals surface area contributed by atoms with Crippen LogP contribution in [0.4, 0.5) is 11.4 Å². The molecule has 2 aliphatic rings. The third kappa shape index (κ3) is 4.90. The number of anilines is 2. The van der Waals surface area contributed by atoms with Crippen LogP contribution in [0.2, 0.25) is 0 Å². The molecule has 2 aromatic carbocycles. The van der Waals surface area contributed by atoms with Gasteiger partial charge in [-0.3, -0.25) is 14.4 Å². The van der Waals surface area contributed by atoms with E-state index in [9.17, 15) is 14.4 Å². The molecule has 0 bridgehead atoms. The second-order valence-corrected chi connectivity index (χ2v) is 7.39. The molecule has 6 nitrogen and oxygen atoms in total. The molecule has 0 aromatic heterocycles. The summed E-state index contributed by atoms with van der Waals surface area (Å²) >= 11 is 0. The second kappa shape index (κ2) is 8.31. The summed E-state index contributed by atoms with van der Waals surface area (Å²) < 4.78 is 0. The van der Waals surface area contributed by atoms with Gasteiger partial charge in [0.15, 0.2) is 0 Å². The molecule has 1 aliphatic heterocycles. The first kappa shape index (κ1) is 18.9. The lowest BCUT2D eigenvalue weighted by atomic mass is 10.1. The van der Waals surface area contributed by atoms with Gasteiger partial charge in [-0.15, -0.1) is 0 Å². The first-order valence-electron chi connectivity index (χ1n) is 9.89. The van der Waals surface area contributed by atoms with E-state index < -0.39 is 0 Å². The van der Waals surface area contributed by atoms with Crippen LogP contribution in [-0.4, -0.2) is 30.3 Å². The summed E-state index contributed by atoms with van der Waals surface area (Å²) in [5.41, 5.74) is 2.89. The lowest BCUT2D eigenvalue weighted by Crippen LogP contribution is -2.25. The zero-order valence-electron chi connectivity index (χ0n) is 16.1.